The van der Waals surface area contributed by atoms with Crippen LogP contribution in [0.2, 0.25) is 0 Å². The summed E-state index contributed by atoms with van der Waals surface area (Å²) in [5, 5.41) is 5.38. The molecule has 4 rings (SSSR count). The standard InChI is InChI=1S/C22H30N4O6S/c1-2-32-18-9-8-16(33(30,31)25-12-6-3-7-13-25)14-17(18)23-19(27)15-26-20(28)22(24-21(26)29)10-4-5-11-22/h8-9,14H,2-7,10-13,15H2,1H3,(H,23,27)(H,24,29). The summed E-state index contributed by atoms with van der Waals surface area (Å²) >= 11 is 0. The minimum Gasteiger partial charge on any atom is -0.492 e. The van der Waals surface area contributed by atoms with Crippen molar-refractivity contribution in [1.82, 2.24) is 14.5 Å². The van der Waals surface area contributed by atoms with Gasteiger partial charge in [0, 0.05) is 13.1 Å². The number of ether oxygens (including phenoxy) is 1. The van der Waals surface area contributed by atoms with Crippen molar-refractivity contribution < 1.29 is 27.5 Å². The van der Waals surface area contributed by atoms with Crippen LogP contribution in [0.15, 0.2) is 23.1 Å². The molecule has 33 heavy (non-hydrogen) atoms. The van der Waals surface area contributed by atoms with Gasteiger partial charge in [-0.3, -0.25) is 14.5 Å². The largest absolute Gasteiger partial charge is 0.492 e. The number of amides is 4. The zero-order valence-corrected chi connectivity index (χ0v) is 19.6. The molecule has 1 aromatic carbocycles. The van der Waals surface area contributed by atoms with Crippen molar-refractivity contribution in [3.8, 4) is 5.75 Å². The average molecular weight is 479 g/mol. The fraction of sp³-hybridized carbons (Fsp3) is 0.591. The first kappa shape index (κ1) is 23.5. The number of benzene rings is 1. The lowest BCUT2D eigenvalue weighted by atomic mass is 9.98. The maximum Gasteiger partial charge on any atom is 0.325 e. The Bertz CT molecular complexity index is 1040. The first-order chi connectivity index (χ1) is 15.8. The van der Waals surface area contributed by atoms with E-state index in [1.54, 1.807) is 6.92 Å². The first-order valence-electron chi connectivity index (χ1n) is 11.5. The zero-order chi connectivity index (χ0) is 23.6. The highest BCUT2D eigenvalue weighted by molar-refractivity contribution is 7.89. The normalized spacial score (nSPS) is 20.8. The Kier molecular flexibility index (Phi) is 6.62. The predicted octanol–water partition coefficient (Wildman–Crippen LogP) is 2.06. The molecule has 1 saturated carbocycles. The smallest absolute Gasteiger partial charge is 0.325 e. The van der Waals surface area contributed by atoms with Crippen LogP contribution < -0.4 is 15.4 Å². The van der Waals surface area contributed by atoms with E-state index in [1.807, 2.05) is 0 Å². The average Bonchev–Trinajstić information content (AvgIpc) is 3.36. The summed E-state index contributed by atoms with van der Waals surface area (Å²) < 4.78 is 33.1. The number of piperidine rings is 1. The van der Waals surface area contributed by atoms with Gasteiger partial charge in [-0.2, -0.15) is 4.31 Å². The highest BCUT2D eigenvalue weighted by atomic mass is 32.2. The van der Waals surface area contributed by atoms with Crippen molar-refractivity contribution in [3.63, 3.8) is 0 Å². The summed E-state index contributed by atoms with van der Waals surface area (Å²) in [5.41, 5.74) is -0.710. The number of carbonyl (C=O) groups is 3. The monoisotopic (exact) mass is 478 g/mol. The van der Waals surface area contributed by atoms with Gasteiger partial charge < -0.3 is 15.4 Å². The van der Waals surface area contributed by atoms with E-state index in [0.717, 1.165) is 37.0 Å². The Balaban J connectivity index is 1.52. The number of imide groups is 1. The van der Waals surface area contributed by atoms with E-state index in [9.17, 15) is 22.8 Å². The number of urea groups is 1. The summed E-state index contributed by atoms with van der Waals surface area (Å²) in [7, 11) is -3.71. The number of carbonyl (C=O) groups excluding carboxylic acids is 3. The molecule has 11 heteroatoms. The van der Waals surface area contributed by atoms with Crippen LogP contribution >= 0.6 is 0 Å². The number of anilines is 1. The van der Waals surface area contributed by atoms with E-state index in [4.69, 9.17) is 4.74 Å². The minimum atomic E-state index is -3.71. The van der Waals surface area contributed by atoms with E-state index in [1.165, 1.54) is 22.5 Å². The second-order valence-electron chi connectivity index (χ2n) is 8.71. The molecule has 2 N–H and O–H groups in total. The van der Waals surface area contributed by atoms with Crippen LogP contribution in [0.5, 0.6) is 5.75 Å². The quantitative estimate of drug-likeness (QED) is 0.578. The molecule has 180 valence electrons. The molecule has 3 aliphatic rings. The van der Waals surface area contributed by atoms with Crippen LogP contribution in [0.1, 0.15) is 51.9 Å². The van der Waals surface area contributed by atoms with Gasteiger partial charge >= 0.3 is 6.03 Å². The molecule has 1 aliphatic carbocycles. The Morgan fingerprint density at radius 3 is 2.48 bits per heavy atom. The van der Waals surface area contributed by atoms with Gasteiger partial charge in [-0.1, -0.05) is 19.3 Å². The molecule has 3 fully saturated rings. The van der Waals surface area contributed by atoms with Crippen LogP contribution in [-0.2, 0) is 19.6 Å². The van der Waals surface area contributed by atoms with Gasteiger partial charge in [0.05, 0.1) is 17.2 Å². The molecule has 2 heterocycles. The van der Waals surface area contributed by atoms with Crippen molar-refractivity contribution in [2.45, 2.75) is 62.3 Å². The molecule has 0 radical (unpaired) electrons. The Morgan fingerprint density at radius 2 is 1.82 bits per heavy atom. The molecule has 0 bridgehead atoms. The zero-order valence-electron chi connectivity index (χ0n) is 18.8. The third kappa shape index (κ3) is 4.56. The van der Waals surface area contributed by atoms with Crippen molar-refractivity contribution >= 4 is 33.6 Å². The molecular weight excluding hydrogens is 448 g/mol. The van der Waals surface area contributed by atoms with Crippen LogP contribution in [-0.4, -0.2) is 67.2 Å². The molecular formula is C22H30N4O6S. The number of nitrogens with zero attached hydrogens (tertiary/aromatic N) is 2. The second-order valence-corrected chi connectivity index (χ2v) is 10.7. The Morgan fingerprint density at radius 1 is 1.12 bits per heavy atom. The molecule has 0 aromatic heterocycles. The van der Waals surface area contributed by atoms with E-state index < -0.39 is 34.0 Å². The topological polar surface area (TPSA) is 125 Å². The van der Waals surface area contributed by atoms with E-state index in [0.29, 0.717) is 38.3 Å². The number of hydrogen-bond donors (Lipinski definition) is 2. The molecule has 0 unspecified atom stereocenters. The number of hydrogen-bond acceptors (Lipinski definition) is 6. The predicted molar refractivity (Wildman–Crippen MR) is 120 cm³/mol. The van der Waals surface area contributed by atoms with Gasteiger partial charge in [0.1, 0.15) is 17.8 Å². The van der Waals surface area contributed by atoms with E-state index in [2.05, 4.69) is 10.6 Å². The van der Waals surface area contributed by atoms with Gasteiger partial charge in [0.25, 0.3) is 5.91 Å². The van der Waals surface area contributed by atoms with Crippen molar-refractivity contribution in [3.05, 3.63) is 18.2 Å². The highest BCUT2D eigenvalue weighted by Gasteiger charge is 2.52. The fourth-order valence-corrected chi connectivity index (χ4v) is 6.32. The molecule has 10 nitrogen and oxygen atoms in total. The molecule has 4 amide bonds. The summed E-state index contributed by atoms with van der Waals surface area (Å²) in [6.07, 6.45) is 5.46. The molecule has 1 spiro atoms. The fourth-order valence-electron chi connectivity index (χ4n) is 4.77. The number of rotatable bonds is 7. The highest BCUT2D eigenvalue weighted by Crippen LogP contribution is 2.35. The van der Waals surface area contributed by atoms with E-state index >= 15 is 0 Å². The molecule has 0 atom stereocenters. The van der Waals surface area contributed by atoms with Crippen molar-refractivity contribution in [1.29, 1.82) is 0 Å². The van der Waals surface area contributed by atoms with E-state index in [-0.39, 0.29) is 16.5 Å². The lowest BCUT2D eigenvalue weighted by Gasteiger charge is -2.26. The van der Waals surface area contributed by atoms with Gasteiger partial charge in [0.15, 0.2) is 0 Å². The van der Waals surface area contributed by atoms with Gasteiger partial charge in [0.2, 0.25) is 15.9 Å². The van der Waals surface area contributed by atoms with Gasteiger partial charge in [-0.25, -0.2) is 13.2 Å². The summed E-state index contributed by atoms with van der Waals surface area (Å²) in [5.74, 6) is -0.679. The first-order valence-corrected chi connectivity index (χ1v) is 12.9. The van der Waals surface area contributed by atoms with Crippen molar-refractivity contribution in [2.75, 3.05) is 31.6 Å². The Labute approximate surface area is 193 Å². The summed E-state index contributed by atoms with van der Waals surface area (Å²) in [6.45, 7) is 2.56. The number of sulfonamides is 1. The van der Waals surface area contributed by atoms with Gasteiger partial charge in [-0.15, -0.1) is 0 Å². The van der Waals surface area contributed by atoms with Gasteiger partial charge in [-0.05, 0) is 50.8 Å². The molecule has 2 saturated heterocycles. The lowest BCUT2D eigenvalue weighted by molar-refractivity contribution is -0.133. The van der Waals surface area contributed by atoms with Crippen molar-refractivity contribution in [2.24, 2.45) is 0 Å². The third-order valence-electron chi connectivity index (χ3n) is 6.48. The van der Waals surface area contributed by atoms with Crippen LogP contribution in [0.3, 0.4) is 0 Å². The summed E-state index contributed by atoms with van der Waals surface area (Å²) in [4.78, 5) is 38.9. The van der Waals surface area contributed by atoms with Crippen LogP contribution in [0.25, 0.3) is 0 Å². The molecule has 2 aliphatic heterocycles. The maximum atomic E-state index is 13.1. The number of nitrogens with one attached hydrogen (secondary N) is 2. The minimum absolute atomic E-state index is 0.0584. The lowest BCUT2D eigenvalue weighted by Crippen LogP contribution is -2.44. The molecule has 1 aromatic rings. The van der Waals surface area contributed by atoms with Crippen LogP contribution in [0, 0.1) is 0 Å². The third-order valence-corrected chi connectivity index (χ3v) is 8.38. The Hall–Kier alpha value is -2.66. The SMILES string of the molecule is CCOc1ccc(S(=O)(=O)N2CCCCC2)cc1NC(=O)CN1C(=O)NC2(CCCC2)C1=O. The second kappa shape index (κ2) is 9.30. The van der Waals surface area contributed by atoms with Crippen LogP contribution in [0.4, 0.5) is 10.5 Å². The summed E-state index contributed by atoms with van der Waals surface area (Å²) in [6, 6.07) is 3.77. The maximum absolute atomic E-state index is 13.1.